The van der Waals surface area contributed by atoms with E-state index in [9.17, 15) is 19.5 Å². The minimum atomic E-state index is -1.19. The molecule has 1 unspecified atom stereocenters. The molecule has 5 N–H and O–H groups in total. The topological polar surface area (TPSA) is 176 Å². The zero-order valence-electron chi connectivity index (χ0n) is 16.5. The van der Waals surface area contributed by atoms with Crippen LogP contribution in [0.5, 0.6) is 0 Å². The van der Waals surface area contributed by atoms with Gasteiger partial charge >= 0.3 is 5.97 Å². The number of thiazole rings is 1. The number of nitrogen functional groups attached to an aromatic ring is 1. The van der Waals surface area contributed by atoms with E-state index in [2.05, 4.69) is 25.4 Å². The van der Waals surface area contributed by atoms with E-state index in [1.807, 2.05) is 0 Å². The third kappa shape index (κ3) is 4.18. The van der Waals surface area contributed by atoms with E-state index in [4.69, 9.17) is 10.6 Å². The Labute approximate surface area is 193 Å². The Morgan fingerprint density at radius 3 is 2.97 bits per heavy atom. The molecule has 0 aliphatic carbocycles. The van der Waals surface area contributed by atoms with Gasteiger partial charge in [0.25, 0.3) is 11.8 Å². The highest BCUT2D eigenvalue weighted by Crippen LogP contribution is 2.41. The van der Waals surface area contributed by atoms with E-state index in [1.54, 1.807) is 17.8 Å². The first kappa shape index (κ1) is 22.2. The minimum absolute atomic E-state index is 0.0543. The largest absolute Gasteiger partial charge is 0.477 e. The maximum Gasteiger partial charge on any atom is 0.352 e. The molecular formula is C17H17N7O5S3. The number of carboxylic acid groups (broad SMARTS) is 1. The van der Waals surface area contributed by atoms with Crippen molar-refractivity contribution in [2.45, 2.75) is 16.6 Å². The summed E-state index contributed by atoms with van der Waals surface area (Å²) >= 11 is 3.86. The normalized spacial score (nSPS) is 20.6. The van der Waals surface area contributed by atoms with E-state index in [0.717, 1.165) is 11.3 Å². The van der Waals surface area contributed by atoms with E-state index < -0.39 is 29.2 Å². The smallest absolute Gasteiger partial charge is 0.352 e. The van der Waals surface area contributed by atoms with Gasteiger partial charge in [-0.15, -0.1) is 23.1 Å². The average molecular weight is 496 g/mol. The molecule has 1 fully saturated rings. The van der Waals surface area contributed by atoms with Crippen molar-refractivity contribution in [1.29, 1.82) is 0 Å². The van der Waals surface area contributed by atoms with Gasteiger partial charge in [0.2, 0.25) is 0 Å². The Balaban J connectivity index is 1.49. The fourth-order valence-electron chi connectivity index (χ4n) is 3.18. The van der Waals surface area contributed by atoms with Gasteiger partial charge in [-0.25, -0.2) is 14.8 Å². The number of imidazole rings is 1. The van der Waals surface area contributed by atoms with Gasteiger partial charge in [0.05, 0.1) is 0 Å². The van der Waals surface area contributed by atoms with E-state index in [1.165, 1.54) is 35.5 Å². The maximum atomic E-state index is 12.8. The molecular weight excluding hydrogens is 478 g/mol. The lowest BCUT2D eigenvalue weighted by Gasteiger charge is -2.49. The third-order valence-corrected chi connectivity index (χ3v) is 7.56. The van der Waals surface area contributed by atoms with Crippen LogP contribution in [0.2, 0.25) is 0 Å². The van der Waals surface area contributed by atoms with Crippen molar-refractivity contribution in [1.82, 2.24) is 25.2 Å². The zero-order valence-corrected chi connectivity index (χ0v) is 18.9. The average Bonchev–Trinajstić information content (AvgIpc) is 3.45. The van der Waals surface area contributed by atoms with Crippen LogP contribution in [-0.4, -0.2) is 78.5 Å². The summed E-state index contributed by atoms with van der Waals surface area (Å²) in [5.74, 6) is -1.61. The van der Waals surface area contributed by atoms with Gasteiger partial charge in [-0.05, 0) is 5.57 Å². The Morgan fingerprint density at radius 2 is 2.34 bits per heavy atom. The Morgan fingerprint density at radius 1 is 1.53 bits per heavy atom. The van der Waals surface area contributed by atoms with Crippen molar-refractivity contribution >= 4 is 63.5 Å². The quantitative estimate of drug-likeness (QED) is 0.173. The van der Waals surface area contributed by atoms with Gasteiger partial charge in [-0.1, -0.05) is 16.9 Å². The van der Waals surface area contributed by atoms with Gasteiger partial charge in [0.1, 0.15) is 29.9 Å². The number of hydrogen-bond acceptors (Lipinski definition) is 11. The lowest BCUT2D eigenvalue weighted by atomic mass is 10.0. The van der Waals surface area contributed by atoms with Crippen LogP contribution in [0.1, 0.15) is 5.69 Å². The second-order valence-electron chi connectivity index (χ2n) is 6.49. The number of fused-ring (bicyclic) bond motifs is 1. The summed E-state index contributed by atoms with van der Waals surface area (Å²) in [6.07, 6.45) is 3.28. The molecule has 0 saturated carbocycles. The van der Waals surface area contributed by atoms with Gasteiger partial charge in [0.15, 0.2) is 16.0 Å². The van der Waals surface area contributed by atoms with Gasteiger partial charge in [-0.3, -0.25) is 14.5 Å². The summed E-state index contributed by atoms with van der Waals surface area (Å²) < 4.78 is 0. The van der Waals surface area contributed by atoms with Crippen molar-refractivity contribution in [3.8, 4) is 0 Å². The molecule has 2 atom stereocenters. The minimum Gasteiger partial charge on any atom is -0.477 e. The van der Waals surface area contributed by atoms with Gasteiger partial charge in [0, 0.05) is 29.3 Å². The van der Waals surface area contributed by atoms with Crippen molar-refractivity contribution in [3.63, 3.8) is 0 Å². The first-order valence-electron chi connectivity index (χ1n) is 9.06. The van der Waals surface area contributed by atoms with Crippen molar-refractivity contribution in [2.75, 3.05) is 24.3 Å². The summed E-state index contributed by atoms with van der Waals surface area (Å²) in [6, 6.07) is -0.904. The number of hydrogen-bond donors (Lipinski definition) is 4. The summed E-state index contributed by atoms with van der Waals surface area (Å²) in [5.41, 5.74) is 6.27. The highest BCUT2D eigenvalue weighted by molar-refractivity contribution is 8.01. The number of nitrogens with one attached hydrogen (secondary N) is 2. The molecule has 4 heterocycles. The number of nitrogens with two attached hydrogens (primary N) is 1. The molecule has 4 rings (SSSR count). The number of amides is 2. The lowest BCUT2D eigenvalue weighted by molar-refractivity contribution is -0.150. The van der Waals surface area contributed by atoms with Crippen LogP contribution >= 0.6 is 34.9 Å². The molecule has 0 spiro atoms. The molecule has 12 nitrogen and oxygen atoms in total. The number of carboxylic acids is 1. The summed E-state index contributed by atoms with van der Waals surface area (Å²) in [4.78, 5) is 54.5. The number of oxime groups is 1. The number of thioether (sulfide) groups is 2. The zero-order chi connectivity index (χ0) is 22.8. The number of nitrogens with zero attached hydrogens (tertiary/aromatic N) is 4. The molecule has 2 aliphatic heterocycles. The number of carbonyl (C=O) groups is 3. The van der Waals surface area contributed by atoms with Crippen molar-refractivity contribution < 1.29 is 24.3 Å². The summed E-state index contributed by atoms with van der Waals surface area (Å²) in [7, 11) is 1.28. The second-order valence-corrected chi connectivity index (χ2v) is 9.45. The molecule has 2 aromatic rings. The lowest BCUT2D eigenvalue weighted by Crippen LogP contribution is -2.71. The summed E-state index contributed by atoms with van der Waals surface area (Å²) in [6.45, 7) is 0. The predicted molar refractivity (Wildman–Crippen MR) is 119 cm³/mol. The molecule has 2 aliphatic rings. The highest BCUT2D eigenvalue weighted by atomic mass is 32.2. The molecule has 0 bridgehead atoms. The van der Waals surface area contributed by atoms with Crippen LogP contribution in [0.25, 0.3) is 0 Å². The number of carbonyl (C=O) groups excluding carboxylic acids is 2. The molecule has 2 amide bonds. The molecule has 0 radical (unpaired) electrons. The van der Waals surface area contributed by atoms with Crippen molar-refractivity contribution in [2.24, 2.45) is 5.16 Å². The molecule has 2 aromatic heterocycles. The van der Waals surface area contributed by atoms with Crippen LogP contribution in [0, 0.1) is 0 Å². The number of β-lactam (4-membered cyclic amide) rings is 1. The van der Waals surface area contributed by atoms with E-state index >= 15 is 0 Å². The number of aliphatic carboxylic acids is 1. The first-order chi connectivity index (χ1) is 15.4. The van der Waals surface area contributed by atoms with Crippen molar-refractivity contribution in [3.05, 3.63) is 34.7 Å². The number of H-pyrrole nitrogens is 1. The van der Waals surface area contributed by atoms with Crippen LogP contribution in [-0.2, 0) is 19.2 Å². The summed E-state index contributed by atoms with van der Waals surface area (Å²) in [5, 5.41) is 18.0. The standard InChI is InChI=1S/C17H17N7O5S3/c1-29-23-9(8-6-31-16(18)21-8)12(25)22-10-13(26)24-11(15(27)28)7(4-30-14(10)24)5-32-17-19-2-3-20-17/h2-3,6,10,14H,4-5H2,1H3,(H2,18,21)(H,19,20)(H,22,25)(H,27,28)/t10?,14-/m0/s1. The van der Waals surface area contributed by atoms with Crippen LogP contribution in [0.3, 0.4) is 0 Å². The van der Waals surface area contributed by atoms with Gasteiger partial charge in [-0.2, -0.15) is 0 Å². The fraction of sp³-hybridized carbons (Fsp3) is 0.294. The third-order valence-electron chi connectivity index (χ3n) is 4.55. The van der Waals surface area contributed by atoms with E-state index in [0.29, 0.717) is 22.2 Å². The molecule has 32 heavy (non-hydrogen) atoms. The first-order valence-corrected chi connectivity index (χ1v) is 12.0. The SMILES string of the molecule is CON=C(C(=O)NC1C(=O)N2C(C(=O)O)=C(CSc3ncc[nH]3)CS[C@@H]12)c1csc(N)n1. The van der Waals surface area contributed by atoms with Gasteiger partial charge < -0.3 is 26.0 Å². The monoisotopic (exact) mass is 495 g/mol. The second kappa shape index (κ2) is 9.22. The predicted octanol–water partition coefficient (Wildman–Crippen LogP) is 0.330. The molecule has 168 valence electrons. The number of anilines is 1. The fourth-order valence-corrected chi connectivity index (χ4v) is 6.04. The Bertz CT molecular complexity index is 1110. The number of aromatic nitrogens is 3. The molecule has 15 heteroatoms. The molecule has 0 aromatic carbocycles. The van der Waals surface area contributed by atoms with Crippen LogP contribution in [0.15, 0.2) is 39.4 Å². The molecule has 1 saturated heterocycles. The maximum absolute atomic E-state index is 12.8. The number of rotatable bonds is 8. The Hall–Kier alpha value is -3.04. The Kier molecular flexibility index (Phi) is 6.38. The van der Waals surface area contributed by atoms with E-state index in [-0.39, 0.29) is 22.2 Å². The highest BCUT2D eigenvalue weighted by Gasteiger charge is 2.54. The van der Waals surface area contributed by atoms with Crippen LogP contribution in [0.4, 0.5) is 5.13 Å². The van der Waals surface area contributed by atoms with Crippen LogP contribution < -0.4 is 11.1 Å². The number of aromatic amines is 1.